The summed E-state index contributed by atoms with van der Waals surface area (Å²) in [5.41, 5.74) is 0. The first-order valence-corrected chi connectivity index (χ1v) is 1.51. The molecule has 0 aromatic heterocycles. The summed E-state index contributed by atoms with van der Waals surface area (Å²) in [6, 6.07) is 0. The third-order valence-electron chi connectivity index (χ3n) is 0.367. The molecule has 0 saturated carbocycles. The molecule has 40 valence electrons. The van der Waals surface area contributed by atoms with Gasteiger partial charge < -0.3 is 0 Å². The Morgan fingerprint density at radius 2 is 2.29 bits per heavy atom. The molecule has 1 atom stereocenters. The van der Waals surface area contributed by atoms with E-state index in [4.69, 9.17) is 0 Å². The fourth-order valence-corrected chi connectivity index (χ4v) is 0.177. The number of rotatable bonds is 0. The molecule has 4 heteroatoms. The Bertz CT molecular complexity index is 78.9. The van der Waals surface area contributed by atoms with E-state index in [1.54, 1.807) is 6.08 Å². The molecule has 7 heavy (non-hydrogen) atoms. The van der Waals surface area contributed by atoms with Crippen LogP contribution in [0.15, 0.2) is 17.5 Å². The first kappa shape index (κ1) is 6.44. The molecule has 0 radical (unpaired) electrons. The molecule has 1 rings (SSSR count). The van der Waals surface area contributed by atoms with Gasteiger partial charge in [0, 0.05) is 0 Å². The van der Waals surface area contributed by atoms with Crippen LogP contribution in [0.25, 0.3) is 0 Å². The predicted molar refractivity (Wildman–Crippen MR) is 30.9 cm³/mol. The summed E-state index contributed by atoms with van der Waals surface area (Å²) in [5, 5.41) is 3.24. The first-order chi connectivity index (χ1) is 3.00. The monoisotopic (exact) mass is 119 g/mol. The van der Waals surface area contributed by atoms with Crippen LogP contribution in [0.5, 0.6) is 0 Å². The molecule has 0 fully saturated rings. The molecule has 0 bridgehead atoms. The smallest absolute Gasteiger partial charge is 0.147 e. The van der Waals surface area contributed by atoms with Crippen LogP contribution in [0, 0.1) is 0 Å². The summed E-state index contributed by atoms with van der Waals surface area (Å²) in [6.45, 7) is 0. The summed E-state index contributed by atoms with van der Waals surface area (Å²) >= 11 is 0. The van der Waals surface area contributed by atoms with Crippen LogP contribution in [0.2, 0.25) is 0 Å². The topological polar surface area (TPSA) is 30.8 Å². The zero-order valence-electron chi connectivity index (χ0n) is 3.70. The third-order valence-corrected chi connectivity index (χ3v) is 0.367. The van der Waals surface area contributed by atoms with E-state index in [-0.39, 0.29) is 9.90 Å². The Balaban J connectivity index is 0.000000360. The third kappa shape index (κ3) is 2.18. The molecule has 0 spiro atoms. The maximum absolute atomic E-state index is 4.19. The molecule has 3 nitrogen and oxygen atoms in total. The van der Waals surface area contributed by atoms with Gasteiger partial charge in [-0.1, -0.05) is 0 Å². The van der Waals surface area contributed by atoms with Gasteiger partial charge in [0.25, 0.3) is 0 Å². The lowest BCUT2D eigenvalue weighted by Gasteiger charge is -1.92. The van der Waals surface area contributed by atoms with Crippen LogP contribution < -0.4 is 0 Å². The van der Waals surface area contributed by atoms with Crippen molar-refractivity contribution < 1.29 is 9.88 Å². The second-order valence-corrected chi connectivity index (χ2v) is 0.754. The van der Waals surface area contributed by atoms with Crippen molar-refractivity contribution >= 4 is 16.1 Å². The maximum atomic E-state index is 4.19. The second-order valence-electron chi connectivity index (χ2n) is 0.754. The molecule has 1 unspecified atom stereocenters. The van der Waals surface area contributed by atoms with E-state index in [1.807, 2.05) is 0 Å². The van der Waals surface area contributed by atoms with Crippen molar-refractivity contribution in [3.8, 4) is 0 Å². The van der Waals surface area contributed by atoms with Crippen LogP contribution in [0.1, 0.15) is 0 Å². The van der Waals surface area contributed by atoms with Crippen LogP contribution >= 0.6 is 9.90 Å². The Morgan fingerprint density at radius 3 is 2.43 bits per heavy atom. The van der Waals surface area contributed by atoms with E-state index >= 15 is 0 Å². The summed E-state index contributed by atoms with van der Waals surface area (Å²) in [4.78, 5) is 8.24. The van der Waals surface area contributed by atoms with Gasteiger partial charge in [0.2, 0.25) is 0 Å². The van der Waals surface area contributed by atoms with Crippen molar-refractivity contribution in [2.24, 2.45) is 5.16 Å². The van der Waals surface area contributed by atoms with Crippen molar-refractivity contribution in [1.29, 1.82) is 0 Å². The zero-order chi connectivity index (χ0) is 4.24. The van der Waals surface area contributed by atoms with E-state index < -0.39 is 0 Å². The van der Waals surface area contributed by atoms with Crippen molar-refractivity contribution in [2.75, 3.05) is 0 Å². The van der Waals surface area contributed by atoms with Gasteiger partial charge in [-0.15, -0.1) is 0 Å². The molecule has 0 aromatic rings. The number of allylic oxidation sites excluding steroid dienone is 1. The van der Waals surface area contributed by atoms with Crippen LogP contribution in [0.4, 0.5) is 0 Å². The Labute approximate surface area is 44.5 Å². The molecule has 0 N–H and O–H groups in total. The largest absolute Gasteiger partial charge is 0.275 e. The van der Waals surface area contributed by atoms with Crippen molar-refractivity contribution in [1.82, 2.24) is 0 Å². The second kappa shape index (κ2) is 3.62. The SMILES string of the molecule is C1=COON=C1.P. The molecular formula is C3H6NO2P. The van der Waals surface area contributed by atoms with Crippen molar-refractivity contribution in [3.05, 3.63) is 12.3 Å². The van der Waals surface area contributed by atoms with Gasteiger partial charge in [-0.2, -0.15) is 14.9 Å². The summed E-state index contributed by atoms with van der Waals surface area (Å²) < 4.78 is 0. The van der Waals surface area contributed by atoms with Gasteiger partial charge in [-0.3, -0.25) is 4.89 Å². The highest BCUT2D eigenvalue weighted by Gasteiger charge is 1.77. The maximum Gasteiger partial charge on any atom is 0.147 e. The van der Waals surface area contributed by atoms with Crippen LogP contribution in [-0.2, 0) is 9.88 Å². The lowest BCUT2D eigenvalue weighted by molar-refractivity contribution is -0.251. The highest BCUT2D eigenvalue weighted by Crippen LogP contribution is 1.84. The Hall–Kier alpha value is -0.560. The zero-order valence-corrected chi connectivity index (χ0v) is 5.12. The Kier molecular flexibility index (Phi) is 3.33. The van der Waals surface area contributed by atoms with Gasteiger partial charge in [-0.05, 0) is 11.2 Å². The van der Waals surface area contributed by atoms with Gasteiger partial charge in [-0.25, -0.2) is 0 Å². The van der Waals surface area contributed by atoms with Crippen LogP contribution in [-0.4, -0.2) is 6.21 Å². The number of hydrogen-bond acceptors (Lipinski definition) is 3. The minimum Gasteiger partial charge on any atom is -0.275 e. The molecule has 0 amide bonds. The van der Waals surface area contributed by atoms with Gasteiger partial charge in [0.1, 0.15) is 6.26 Å². The van der Waals surface area contributed by atoms with Crippen molar-refractivity contribution in [2.45, 2.75) is 0 Å². The highest BCUT2D eigenvalue weighted by atomic mass is 31.0. The minimum absolute atomic E-state index is 0. The lowest BCUT2D eigenvalue weighted by Crippen LogP contribution is -1.82. The average Bonchev–Trinajstić information content (AvgIpc) is 1.72. The average molecular weight is 119 g/mol. The summed E-state index contributed by atoms with van der Waals surface area (Å²) in [7, 11) is 0. The fraction of sp³-hybridized carbons (Fsp3) is 0. The van der Waals surface area contributed by atoms with E-state index in [1.165, 1.54) is 12.5 Å². The number of hydrogen-bond donors (Lipinski definition) is 0. The molecular weight excluding hydrogens is 113 g/mol. The van der Waals surface area contributed by atoms with Gasteiger partial charge >= 0.3 is 0 Å². The predicted octanol–water partition coefficient (Wildman–Crippen LogP) is 0.506. The molecule has 1 heterocycles. The van der Waals surface area contributed by atoms with Crippen LogP contribution in [0.3, 0.4) is 0 Å². The number of oxime groups is 1. The molecule has 1 aliphatic heterocycles. The van der Waals surface area contributed by atoms with Gasteiger partial charge in [0.05, 0.1) is 6.21 Å². The first-order valence-electron chi connectivity index (χ1n) is 1.51. The van der Waals surface area contributed by atoms with E-state index in [0.717, 1.165) is 0 Å². The quantitative estimate of drug-likeness (QED) is 0.343. The normalized spacial score (nSPS) is 13.7. The van der Waals surface area contributed by atoms with Gasteiger partial charge in [0.15, 0.2) is 0 Å². The van der Waals surface area contributed by atoms with E-state index in [9.17, 15) is 0 Å². The molecule has 0 aliphatic carbocycles. The Morgan fingerprint density at radius 1 is 1.43 bits per heavy atom. The minimum atomic E-state index is 0. The van der Waals surface area contributed by atoms with E-state index in [0.29, 0.717) is 0 Å². The van der Waals surface area contributed by atoms with E-state index in [2.05, 4.69) is 15.0 Å². The molecule has 0 aromatic carbocycles. The molecule has 1 aliphatic rings. The molecule has 0 saturated heterocycles. The fourth-order valence-electron chi connectivity index (χ4n) is 0.177. The lowest BCUT2D eigenvalue weighted by atomic mass is 10.7. The van der Waals surface area contributed by atoms with Crippen molar-refractivity contribution in [3.63, 3.8) is 0 Å². The highest BCUT2D eigenvalue weighted by molar-refractivity contribution is 6.92. The number of nitrogens with zero attached hydrogens (tertiary/aromatic N) is 1. The summed E-state index contributed by atoms with van der Waals surface area (Å²) in [6.07, 6.45) is 4.51. The summed E-state index contributed by atoms with van der Waals surface area (Å²) in [5.74, 6) is 0. The standard InChI is InChI=1S/C3H3NO2.H3P/c1-2-4-6-5-3-1;/h1-3H;1H3.